The second-order valence-corrected chi connectivity index (χ2v) is 19.9. The molecule has 352 valence electrons. The minimum atomic E-state index is -0.537. The minimum Gasteiger partial charge on any atom is -0.310 e. The van der Waals surface area contributed by atoms with Gasteiger partial charge in [-0.25, -0.2) is 0 Å². The highest BCUT2D eigenvalue weighted by molar-refractivity contribution is 5.98. The molecule has 2 aliphatic rings. The standard InChI is InChI=1S/C74H51N/c1-6-22-52(23-7-1)53-40-42-54(43-41-53)56-24-20-33-63(50-56)75(71-39-21-38-69-72(71)66-35-17-19-37-68(66)73(69,58-25-8-2-9-26-58)59-27-10-3-11-28-59)62-47-44-55(45-48-62)57-46-49-65-64-34-16-18-36-67(64)74(70(65)51-57,60-29-12-4-13-30-60)61-31-14-5-15-32-61/h1-51H. The molecule has 1 nitrogen and oxygen atoms in total. The van der Waals surface area contributed by atoms with Crippen molar-refractivity contribution >= 4 is 17.1 Å². The Morgan fingerprint density at radius 2 is 0.587 bits per heavy atom. The highest BCUT2D eigenvalue weighted by Crippen LogP contribution is 2.60. The fourth-order valence-corrected chi connectivity index (χ4v) is 12.8. The third kappa shape index (κ3) is 7.00. The van der Waals surface area contributed by atoms with Crippen molar-refractivity contribution in [2.24, 2.45) is 0 Å². The smallest absolute Gasteiger partial charge is 0.0714 e. The van der Waals surface area contributed by atoms with E-state index >= 15 is 0 Å². The lowest BCUT2D eigenvalue weighted by molar-refractivity contribution is 0.768. The summed E-state index contributed by atoms with van der Waals surface area (Å²) in [7, 11) is 0. The van der Waals surface area contributed by atoms with Crippen molar-refractivity contribution in [2.75, 3.05) is 4.90 Å². The van der Waals surface area contributed by atoms with Crippen molar-refractivity contribution in [3.63, 3.8) is 0 Å². The van der Waals surface area contributed by atoms with Gasteiger partial charge < -0.3 is 4.90 Å². The van der Waals surface area contributed by atoms with E-state index in [1.54, 1.807) is 0 Å². The van der Waals surface area contributed by atoms with Gasteiger partial charge in [-0.05, 0) is 131 Å². The van der Waals surface area contributed by atoms with Crippen LogP contribution in [0.2, 0.25) is 0 Å². The van der Waals surface area contributed by atoms with Gasteiger partial charge in [-0.3, -0.25) is 0 Å². The van der Waals surface area contributed by atoms with Crippen molar-refractivity contribution in [1.82, 2.24) is 0 Å². The topological polar surface area (TPSA) is 3.24 Å². The molecule has 12 aromatic rings. The van der Waals surface area contributed by atoms with E-state index in [1.807, 2.05) is 0 Å². The van der Waals surface area contributed by atoms with Crippen LogP contribution in [0.15, 0.2) is 309 Å². The lowest BCUT2D eigenvalue weighted by Crippen LogP contribution is -2.28. The van der Waals surface area contributed by atoms with Crippen LogP contribution in [0.1, 0.15) is 44.5 Å². The van der Waals surface area contributed by atoms with E-state index < -0.39 is 10.8 Å². The molecule has 0 heterocycles. The van der Waals surface area contributed by atoms with Crippen LogP contribution < -0.4 is 4.90 Å². The fourth-order valence-electron chi connectivity index (χ4n) is 12.8. The molecule has 0 saturated heterocycles. The molecule has 0 amide bonds. The van der Waals surface area contributed by atoms with E-state index in [4.69, 9.17) is 0 Å². The van der Waals surface area contributed by atoms with Crippen molar-refractivity contribution < 1.29 is 0 Å². The third-order valence-electron chi connectivity index (χ3n) is 16.0. The zero-order valence-corrected chi connectivity index (χ0v) is 41.4. The summed E-state index contributed by atoms with van der Waals surface area (Å²) in [6.07, 6.45) is 0. The van der Waals surface area contributed by atoms with Gasteiger partial charge in [0.05, 0.1) is 16.5 Å². The summed E-state index contributed by atoms with van der Waals surface area (Å²) in [6, 6.07) is 114. The first-order valence-corrected chi connectivity index (χ1v) is 26.1. The van der Waals surface area contributed by atoms with Crippen LogP contribution in [0.4, 0.5) is 17.1 Å². The number of anilines is 3. The predicted octanol–water partition coefficient (Wildman–Crippen LogP) is 18.9. The van der Waals surface area contributed by atoms with Crippen LogP contribution in [0, 0.1) is 0 Å². The fraction of sp³-hybridized carbons (Fsp3) is 0.0270. The normalized spacial score (nSPS) is 13.3. The van der Waals surface area contributed by atoms with Gasteiger partial charge in [0.1, 0.15) is 0 Å². The number of hydrogen-bond acceptors (Lipinski definition) is 1. The Bertz CT molecular complexity index is 3940. The van der Waals surface area contributed by atoms with E-state index in [-0.39, 0.29) is 0 Å². The van der Waals surface area contributed by atoms with Crippen LogP contribution in [0.5, 0.6) is 0 Å². The molecule has 0 bridgehead atoms. The number of nitrogens with zero attached hydrogens (tertiary/aromatic N) is 1. The van der Waals surface area contributed by atoms with E-state index in [0.29, 0.717) is 0 Å². The Labute approximate surface area is 440 Å². The Hall–Kier alpha value is -9.56. The van der Waals surface area contributed by atoms with Gasteiger partial charge >= 0.3 is 0 Å². The van der Waals surface area contributed by atoms with Crippen molar-refractivity contribution in [3.05, 3.63) is 354 Å². The summed E-state index contributed by atoms with van der Waals surface area (Å²) >= 11 is 0. The molecular formula is C74H51N. The average Bonchev–Trinajstić information content (AvgIpc) is 4.09. The van der Waals surface area contributed by atoms with Gasteiger partial charge in [-0.2, -0.15) is 0 Å². The van der Waals surface area contributed by atoms with E-state index in [0.717, 1.165) is 28.2 Å². The second kappa shape index (κ2) is 18.2. The summed E-state index contributed by atoms with van der Waals surface area (Å²) in [5.41, 5.74) is 24.6. The van der Waals surface area contributed by atoms with E-state index in [2.05, 4.69) is 314 Å². The Morgan fingerprint density at radius 3 is 1.16 bits per heavy atom. The van der Waals surface area contributed by atoms with Gasteiger partial charge in [0, 0.05) is 16.9 Å². The lowest BCUT2D eigenvalue weighted by Gasteiger charge is -2.34. The maximum atomic E-state index is 2.49. The molecule has 12 aromatic carbocycles. The van der Waals surface area contributed by atoms with Crippen molar-refractivity contribution in [1.29, 1.82) is 0 Å². The molecule has 14 rings (SSSR count). The zero-order valence-electron chi connectivity index (χ0n) is 41.4. The molecule has 0 unspecified atom stereocenters. The largest absolute Gasteiger partial charge is 0.310 e. The van der Waals surface area contributed by atoms with Crippen molar-refractivity contribution in [3.8, 4) is 55.6 Å². The molecule has 0 spiro atoms. The molecule has 1 heteroatoms. The van der Waals surface area contributed by atoms with E-state index in [1.165, 1.54) is 89.0 Å². The maximum absolute atomic E-state index is 2.49. The molecule has 0 aromatic heterocycles. The summed E-state index contributed by atoms with van der Waals surface area (Å²) < 4.78 is 0. The lowest BCUT2D eigenvalue weighted by atomic mass is 9.67. The SMILES string of the molecule is c1ccc(-c2ccc(-c3cccc(N(c4ccc(-c5ccc6c(c5)C(c5ccccc5)(c5ccccc5)c5ccccc5-6)cc4)c4cccc5c4-c4ccccc4C5(c4ccccc4)c4ccccc4)c3)cc2)cc1. The van der Waals surface area contributed by atoms with Gasteiger partial charge in [0.25, 0.3) is 0 Å². The summed E-state index contributed by atoms with van der Waals surface area (Å²) in [6.45, 7) is 0. The van der Waals surface area contributed by atoms with Crippen LogP contribution in [0.3, 0.4) is 0 Å². The molecule has 0 radical (unpaired) electrons. The van der Waals surface area contributed by atoms with Gasteiger partial charge in [-0.1, -0.05) is 273 Å². The Kier molecular flexibility index (Phi) is 10.7. The number of hydrogen-bond donors (Lipinski definition) is 0. The third-order valence-corrected chi connectivity index (χ3v) is 16.0. The monoisotopic (exact) mass is 953 g/mol. The minimum absolute atomic E-state index is 0.479. The van der Waals surface area contributed by atoms with Crippen LogP contribution in [-0.2, 0) is 10.8 Å². The molecule has 0 N–H and O–H groups in total. The average molecular weight is 954 g/mol. The van der Waals surface area contributed by atoms with Crippen LogP contribution >= 0.6 is 0 Å². The number of benzene rings is 12. The molecule has 0 fully saturated rings. The van der Waals surface area contributed by atoms with Crippen LogP contribution in [-0.4, -0.2) is 0 Å². The maximum Gasteiger partial charge on any atom is 0.0714 e. The predicted molar refractivity (Wildman–Crippen MR) is 312 cm³/mol. The highest BCUT2D eigenvalue weighted by atomic mass is 15.1. The Morgan fingerprint density at radius 1 is 0.213 bits per heavy atom. The van der Waals surface area contributed by atoms with Gasteiger partial charge in [0.2, 0.25) is 0 Å². The molecule has 0 saturated carbocycles. The first-order valence-electron chi connectivity index (χ1n) is 26.1. The highest BCUT2D eigenvalue weighted by Gasteiger charge is 2.48. The summed E-state index contributed by atoms with van der Waals surface area (Å²) in [5, 5.41) is 0. The van der Waals surface area contributed by atoms with Crippen molar-refractivity contribution in [2.45, 2.75) is 10.8 Å². The summed E-state index contributed by atoms with van der Waals surface area (Å²) in [5.74, 6) is 0. The Balaban J connectivity index is 0.949. The van der Waals surface area contributed by atoms with Gasteiger partial charge in [-0.15, -0.1) is 0 Å². The first kappa shape index (κ1) is 44.2. The zero-order chi connectivity index (χ0) is 49.8. The van der Waals surface area contributed by atoms with Crippen LogP contribution in [0.25, 0.3) is 55.6 Å². The van der Waals surface area contributed by atoms with Gasteiger partial charge in [0.15, 0.2) is 0 Å². The van der Waals surface area contributed by atoms with E-state index in [9.17, 15) is 0 Å². The second-order valence-electron chi connectivity index (χ2n) is 19.9. The molecule has 75 heavy (non-hydrogen) atoms. The molecule has 0 atom stereocenters. The molecular weight excluding hydrogens is 903 g/mol. The quantitative estimate of drug-likeness (QED) is 0.132. The number of fused-ring (bicyclic) bond motifs is 6. The molecule has 2 aliphatic carbocycles. The number of rotatable bonds is 10. The summed E-state index contributed by atoms with van der Waals surface area (Å²) in [4.78, 5) is 2.49. The molecule has 0 aliphatic heterocycles. The first-order chi connectivity index (χ1) is 37.2.